The fourth-order valence-corrected chi connectivity index (χ4v) is 2.16. The molecule has 2 rings (SSSR count). The number of hydrogen-bond acceptors (Lipinski definition) is 5. The molecule has 9 heteroatoms. The number of carbonyl (C=O) groups excluding carboxylic acids is 4. The molecule has 4 N–H and O–H groups in total. The summed E-state index contributed by atoms with van der Waals surface area (Å²) in [7, 11) is 0. The first-order valence-electron chi connectivity index (χ1n) is 8.85. The zero-order chi connectivity index (χ0) is 21.2. The molecule has 0 heterocycles. The zero-order valence-electron chi connectivity index (χ0n) is 16.0. The van der Waals surface area contributed by atoms with Gasteiger partial charge >= 0.3 is 12.0 Å². The zero-order valence-corrected chi connectivity index (χ0v) is 16.0. The maximum atomic E-state index is 12.1. The van der Waals surface area contributed by atoms with Crippen molar-refractivity contribution >= 4 is 29.5 Å². The molecule has 0 spiro atoms. The lowest BCUT2D eigenvalue weighted by atomic mass is 10.2. The highest BCUT2D eigenvalue weighted by Gasteiger charge is 2.23. The third-order valence-electron chi connectivity index (χ3n) is 3.73. The summed E-state index contributed by atoms with van der Waals surface area (Å²) in [6.45, 7) is 2.77. The Morgan fingerprint density at radius 3 is 2.03 bits per heavy atom. The van der Waals surface area contributed by atoms with E-state index in [1.807, 2.05) is 0 Å². The number of hydrazine groups is 1. The Morgan fingerprint density at radius 2 is 1.41 bits per heavy atom. The average molecular weight is 398 g/mol. The molecule has 0 bridgehead atoms. The third kappa shape index (κ3) is 6.98. The van der Waals surface area contributed by atoms with E-state index in [2.05, 4.69) is 21.5 Å². The van der Waals surface area contributed by atoms with Crippen LogP contribution in [0.1, 0.15) is 24.2 Å². The second kappa shape index (κ2) is 10.5. The summed E-state index contributed by atoms with van der Waals surface area (Å²) < 4.78 is 5.02. The molecular formula is C20H22N4O5. The molecule has 2 aromatic carbocycles. The van der Waals surface area contributed by atoms with Gasteiger partial charge in [-0.3, -0.25) is 20.4 Å². The van der Waals surface area contributed by atoms with Crippen molar-refractivity contribution in [3.8, 4) is 0 Å². The Balaban J connectivity index is 1.75. The topological polar surface area (TPSA) is 126 Å². The molecule has 0 fully saturated rings. The SMILES string of the molecule is C[C@H](NC(=O)Nc1ccccc1)C(=O)O[C@@H](C)C(=O)NNC(=O)c1ccccc1. The van der Waals surface area contributed by atoms with Crippen molar-refractivity contribution in [2.75, 3.05) is 5.32 Å². The van der Waals surface area contributed by atoms with Crippen LogP contribution in [0.4, 0.5) is 10.5 Å². The monoisotopic (exact) mass is 398 g/mol. The van der Waals surface area contributed by atoms with Crippen LogP contribution in [0.2, 0.25) is 0 Å². The van der Waals surface area contributed by atoms with Crippen LogP contribution in [0.5, 0.6) is 0 Å². The Hall–Kier alpha value is -3.88. The number of amides is 4. The van der Waals surface area contributed by atoms with E-state index in [0.717, 1.165) is 0 Å². The van der Waals surface area contributed by atoms with Crippen molar-refractivity contribution < 1.29 is 23.9 Å². The maximum Gasteiger partial charge on any atom is 0.329 e. The Bertz CT molecular complexity index is 858. The van der Waals surface area contributed by atoms with Crippen LogP contribution < -0.4 is 21.5 Å². The Morgan fingerprint density at radius 1 is 0.828 bits per heavy atom. The fourth-order valence-electron chi connectivity index (χ4n) is 2.16. The van der Waals surface area contributed by atoms with Crippen LogP contribution in [0.25, 0.3) is 0 Å². The van der Waals surface area contributed by atoms with E-state index < -0.39 is 36.0 Å². The average Bonchev–Trinajstić information content (AvgIpc) is 2.72. The lowest BCUT2D eigenvalue weighted by Crippen LogP contribution is -2.48. The molecule has 0 aliphatic rings. The molecule has 152 valence electrons. The largest absolute Gasteiger partial charge is 0.451 e. The van der Waals surface area contributed by atoms with Gasteiger partial charge in [-0.1, -0.05) is 36.4 Å². The minimum atomic E-state index is -1.18. The summed E-state index contributed by atoms with van der Waals surface area (Å²) in [5, 5.41) is 4.99. The summed E-state index contributed by atoms with van der Waals surface area (Å²) in [6, 6.07) is 15.4. The van der Waals surface area contributed by atoms with Crippen LogP contribution in [-0.4, -0.2) is 36.0 Å². The molecule has 0 aliphatic heterocycles. The minimum Gasteiger partial charge on any atom is -0.451 e. The number of anilines is 1. The molecule has 4 amide bonds. The molecule has 0 aromatic heterocycles. The first-order chi connectivity index (χ1) is 13.9. The van der Waals surface area contributed by atoms with Crippen molar-refractivity contribution in [2.24, 2.45) is 0 Å². The molecule has 0 unspecified atom stereocenters. The Kier molecular flexibility index (Phi) is 7.72. The van der Waals surface area contributed by atoms with Crippen LogP contribution >= 0.6 is 0 Å². The second-order valence-corrected chi connectivity index (χ2v) is 6.07. The van der Waals surface area contributed by atoms with E-state index in [-0.39, 0.29) is 0 Å². The fraction of sp³-hybridized carbons (Fsp3) is 0.200. The summed E-state index contributed by atoms with van der Waals surface area (Å²) >= 11 is 0. The quantitative estimate of drug-likeness (QED) is 0.434. The van der Waals surface area contributed by atoms with Gasteiger partial charge in [-0.15, -0.1) is 0 Å². The molecule has 29 heavy (non-hydrogen) atoms. The van der Waals surface area contributed by atoms with Crippen molar-refractivity contribution in [3.05, 3.63) is 66.2 Å². The van der Waals surface area contributed by atoms with E-state index in [1.54, 1.807) is 60.7 Å². The number of esters is 1. The predicted octanol–water partition coefficient (Wildman–Crippen LogP) is 1.59. The first kappa shape index (κ1) is 21.4. The van der Waals surface area contributed by atoms with Gasteiger partial charge in [0.1, 0.15) is 6.04 Å². The van der Waals surface area contributed by atoms with Crippen molar-refractivity contribution in [1.29, 1.82) is 0 Å². The molecule has 2 atom stereocenters. The first-order valence-corrected chi connectivity index (χ1v) is 8.85. The highest BCUT2D eigenvalue weighted by Crippen LogP contribution is 2.05. The molecule has 0 saturated heterocycles. The minimum absolute atomic E-state index is 0.361. The van der Waals surface area contributed by atoms with Crippen LogP contribution in [0.3, 0.4) is 0 Å². The maximum absolute atomic E-state index is 12.1. The molecular weight excluding hydrogens is 376 g/mol. The lowest BCUT2D eigenvalue weighted by Gasteiger charge is -2.18. The van der Waals surface area contributed by atoms with Gasteiger partial charge in [0, 0.05) is 11.3 Å². The number of rotatable bonds is 6. The standard InChI is InChI=1S/C20H22N4O5/c1-13(21-20(28)22-16-11-7-4-8-12-16)19(27)29-14(2)17(25)23-24-18(26)15-9-5-3-6-10-15/h3-14H,1-2H3,(H,23,25)(H,24,26)(H2,21,22,28)/t13-,14-/m0/s1. The number of hydrogen-bond donors (Lipinski definition) is 4. The molecule has 0 aliphatic carbocycles. The number of ether oxygens (including phenoxy) is 1. The number of nitrogens with one attached hydrogen (secondary N) is 4. The van der Waals surface area contributed by atoms with Crippen molar-refractivity contribution in [3.63, 3.8) is 0 Å². The summed E-state index contributed by atoms with van der Waals surface area (Å²) in [4.78, 5) is 47.9. The third-order valence-corrected chi connectivity index (χ3v) is 3.73. The van der Waals surface area contributed by atoms with E-state index >= 15 is 0 Å². The summed E-state index contributed by atoms with van der Waals surface area (Å²) in [6.07, 6.45) is -1.18. The van der Waals surface area contributed by atoms with E-state index in [0.29, 0.717) is 11.3 Å². The number of benzene rings is 2. The lowest BCUT2D eigenvalue weighted by molar-refractivity contribution is -0.156. The van der Waals surface area contributed by atoms with Crippen LogP contribution in [-0.2, 0) is 14.3 Å². The number of urea groups is 1. The van der Waals surface area contributed by atoms with Crippen LogP contribution in [0, 0.1) is 0 Å². The number of carbonyl (C=O) groups is 4. The van der Waals surface area contributed by atoms with Crippen molar-refractivity contribution in [1.82, 2.24) is 16.2 Å². The van der Waals surface area contributed by atoms with E-state index in [4.69, 9.17) is 4.74 Å². The van der Waals surface area contributed by atoms with Gasteiger partial charge in [-0.05, 0) is 38.1 Å². The van der Waals surface area contributed by atoms with Gasteiger partial charge in [0.2, 0.25) is 0 Å². The Labute approximate surface area is 167 Å². The second-order valence-electron chi connectivity index (χ2n) is 6.07. The molecule has 0 saturated carbocycles. The predicted molar refractivity (Wildman–Crippen MR) is 106 cm³/mol. The molecule has 0 radical (unpaired) electrons. The van der Waals surface area contributed by atoms with Gasteiger partial charge in [0.15, 0.2) is 6.10 Å². The van der Waals surface area contributed by atoms with Crippen LogP contribution in [0.15, 0.2) is 60.7 Å². The van der Waals surface area contributed by atoms with Gasteiger partial charge < -0.3 is 15.4 Å². The van der Waals surface area contributed by atoms with E-state index in [9.17, 15) is 19.2 Å². The summed E-state index contributed by atoms with van der Waals surface area (Å²) in [5.41, 5.74) is 5.34. The molecule has 9 nitrogen and oxygen atoms in total. The normalized spacial score (nSPS) is 12.1. The van der Waals surface area contributed by atoms with E-state index in [1.165, 1.54) is 13.8 Å². The molecule has 2 aromatic rings. The van der Waals surface area contributed by atoms with Gasteiger partial charge in [-0.2, -0.15) is 0 Å². The number of para-hydroxylation sites is 1. The highest BCUT2D eigenvalue weighted by molar-refractivity contribution is 5.96. The van der Waals surface area contributed by atoms with Gasteiger partial charge in [0.05, 0.1) is 0 Å². The van der Waals surface area contributed by atoms with Gasteiger partial charge in [0.25, 0.3) is 11.8 Å². The smallest absolute Gasteiger partial charge is 0.329 e. The highest BCUT2D eigenvalue weighted by atomic mass is 16.5. The summed E-state index contributed by atoms with van der Waals surface area (Å²) in [5.74, 6) is -2.03. The van der Waals surface area contributed by atoms with Gasteiger partial charge in [-0.25, -0.2) is 9.59 Å². The van der Waals surface area contributed by atoms with Crippen molar-refractivity contribution in [2.45, 2.75) is 26.0 Å².